The van der Waals surface area contributed by atoms with Crippen LogP contribution in [0.25, 0.3) is 0 Å². The molecular weight excluding hydrogens is 190 g/mol. The summed E-state index contributed by atoms with van der Waals surface area (Å²) >= 11 is 0. The van der Waals surface area contributed by atoms with E-state index in [0.29, 0.717) is 6.54 Å². The minimum Gasteiger partial charge on any atom is -0.396 e. The van der Waals surface area contributed by atoms with Gasteiger partial charge in [0.15, 0.2) is 5.82 Å². The highest BCUT2D eigenvalue weighted by Gasteiger charge is 2.18. The fraction of sp³-hybridized carbons (Fsp3) is 0.222. The first-order valence-electron chi connectivity index (χ1n) is 4.09. The number of hydrogen-bond acceptors (Lipinski definition) is 2. The van der Waals surface area contributed by atoms with Gasteiger partial charge in [0.25, 0.3) is 5.91 Å². The first-order chi connectivity index (χ1) is 6.57. The maximum absolute atomic E-state index is 13.2. The lowest BCUT2D eigenvalue weighted by atomic mass is 10.1. The summed E-state index contributed by atoms with van der Waals surface area (Å²) < 4.78 is 26.3. The molecule has 0 atom stereocenters. The Kier molecular flexibility index (Phi) is 3.01. The van der Waals surface area contributed by atoms with E-state index < -0.39 is 23.1 Å². The lowest BCUT2D eigenvalue weighted by Crippen LogP contribution is -2.25. The van der Waals surface area contributed by atoms with Gasteiger partial charge in [-0.15, -0.1) is 0 Å². The van der Waals surface area contributed by atoms with Gasteiger partial charge in [0.2, 0.25) is 0 Å². The Morgan fingerprint density at radius 1 is 1.50 bits per heavy atom. The van der Waals surface area contributed by atoms with Gasteiger partial charge < -0.3 is 11.1 Å². The molecule has 0 aliphatic rings. The number of rotatable bonds is 2. The number of halogens is 2. The number of nitrogens with one attached hydrogen (secondary N) is 1. The quantitative estimate of drug-likeness (QED) is 0.707. The van der Waals surface area contributed by atoms with Crippen LogP contribution in [0.5, 0.6) is 0 Å². The van der Waals surface area contributed by atoms with E-state index >= 15 is 0 Å². The van der Waals surface area contributed by atoms with Crippen LogP contribution in [-0.2, 0) is 0 Å². The molecule has 1 amide bonds. The highest BCUT2D eigenvalue weighted by Crippen LogP contribution is 2.18. The third kappa shape index (κ3) is 1.81. The molecule has 0 bridgehead atoms. The molecule has 76 valence electrons. The molecule has 0 aliphatic carbocycles. The van der Waals surface area contributed by atoms with Crippen LogP contribution in [-0.4, -0.2) is 12.5 Å². The van der Waals surface area contributed by atoms with Gasteiger partial charge in [0.05, 0.1) is 5.69 Å². The van der Waals surface area contributed by atoms with Crippen LogP contribution in [0.3, 0.4) is 0 Å². The Balaban J connectivity index is 3.18. The molecular formula is C9H10F2N2O. The number of nitrogen functional groups attached to an aromatic ring is 1. The van der Waals surface area contributed by atoms with Crippen LogP contribution >= 0.6 is 0 Å². The van der Waals surface area contributed by atoms with Crippen molar-refractivity contribution in [3.63, 3.8) is 0 Å². The number of amides is 1. The van der Waals surface area contributed by atoms with E-state index in [0.717, 1.165) is 12.1 Å². The van der Waals surface area contributed by atoms with Crippen molar-refractivity contribution in [3.05, 3.63) is 29.3 Å². The highest BCUT2D eigenvalue weighted by atomic mass is 19.1. The van der Waals surface area contributed by atoms with Crippen molar-refractivity contribution in [1.82, 2.24) is 5.32 Å². The molecule has 1 aromatic carbocycles. The maximum Gasteiger partial charge on any atom is 0.257 e. The molecule has 14 heavy (non-hydrogen) atoms. The summed E-state index contributed by atoms with van der Waals surface area (Å²) in [6.07, 6.45) is 0. The third-order valence-electron chi connectivity index (χ3n) is 1.69. The van der Waals surface area contributed by atoms with E-state index in [1.165, 1.54) is 0 Å². The zero-order valence-electron chi connectivity index (χ0n) is 7.60. The molecule has 0 radical (unpaired) electrons. The first-order valence-corrected chi connectivity index (χ1v) is 4.09. The van der Waals surface area contributed by atoms with Gasteiger partial charge in [-0.05, 0) is 19.1 Å². The summed E-state index contributed by atoms with van der Waals surface area (Å²) in [5, 5.41) is 2.30. The van der Waals surface area contributed by atoms with Crippen LogP contribution < -0.4 is 11.1 Å². The average Bonchev–Trinajstić information content (AvgIpc) is 2.13. The second-order valence-corrected chi connectivity index (χ2v) is 2.69. The second-order valence-electron chi connectivity index (χ2n) is 2.69. The van der Waals surface area contributed by atoms with Gasteiger partial charge in [0.1, 0.15) is 11.4 Å². The fourth-order valence-corrected chi connectivity index (χ4v) is 1.03. The molecule has 0 spiro atoms. The summed E-state index contributed by atoms with van der Waals surface area (Å²) in [5.41, 5.74) is 4.33. The number of hydrogen-bond donors (Lipinski definition) is 2. The van der Waals surface area contributed by atoms with Crippen molar-refractivity contribution >= 4 is 11.6 Å². The fourth-order valence-electron chi connectivity index (χ4n) is 1.03. The van der Waals surface area contributed by atoms with Crippen molar-refractivity contribution in [1.29, 1.82) is 0 Å². The van der Waals surface area contributed by atoms with E-state index in [-0.39, 0.29) is 5.69 Å². The number of anilines is 1. The molecule has 1 rings (SSSR count). The van der Waals surface area contributed by atoms with Crippen molar-refractivity contribution < 1.29 is 13.6 Å². The molecule has 1 aromatic rings. The minimum atomic E-state index is -1.02. The molecule has 0 saturated carbocycles. The topological polar surface area (TPSA) is 55.1 Å². The third-order valence-corrected chi connectivity index (χ3v) is 1.69. The number of carbonyl (C=O) groups is 1. The second kappa shape index (κ2) is 4.04. The Morgan fingerprint density at radius 3 is 2.71 bits per heavy atom. The summed E-state index contributed by atoms with van der Waals surface area (Å²) in [5.74, 6) is -2.73. The first kappa shape index (κ1) is 10.4. The summed E-state index contributed by atoms with van der Waals surface area (Å²) in [7, 11) is 0. The Labute approximate surface area is 79.9 Å². The monoisotopic (exact) mass is 200 g/mol. The SMILES string of the molecule is CCNC(=O)c1c(F)ccc(N)c1F. The zero-order chi connectivity index (χ0) is 10.7. The van der Waals surface area contributed by atoms with Crippen molar-refractivity contribution in [2.24, 2.45) is 0 Å². The molecule has 3 N–H and O–H groups in total. The number of benzene rings is 1. The number of carbonyl (C=O) groups excluding carboxylic acids is 1. The molecule has 0 aliphatic heterocycles. The molecule has 0 unspecified atom stereocenters. The van der Waals surface area contributed by atoms with E-state index in [9.17, 15) is 13.6 Å². The summed E-state index contributed by atoms with van der Waals surface area (Å²) in [6, 6.07) is 2.04. The average molecular weight is 200 g/mol. The van der Waals surface area contributed by atoms with Gasteiger partial charge in [-0.2, -0.15) is 0 Å². The minimum absolute atomic E-state index is 0.243. The highest BCUT2D eigenvalue weighted by molar-refractivity contribution is 5.95. The smallest absolute Gasteiger partial charge is 0.257 e. The predicted molar refractivity (Wildman–Crippen MR) is 48.8 cm³/mol. The Bertz CT molecular complexity index is 366. The lowest BCUT2D eigenvalue weighted by Gasteiger charge is -2.06. The molecule has 0 aromatic heterocycles. The van der Waals surface area contributed by atoms with Gasteiger partial charge in [0, 0.05) is 6.54 Å². The molecule has 0 saturated heterocycles. The summed E-state index contributed by atoms with van der Waals surface area (Å²) in [6.45, 7) is 1.95. The van der Waals surface area contributed by atoms with Gasteiger partial charge in [-0.1, -0.05) is 0 Å². The Hall–Kier alpha value is -1.65. The van der Waals surface area contributed by atoms with E-state index in [1.54, 1.807) is 6.92 Å². The Morgan fingerprint density at radius 2 is 2.14 bits per heavy atom. The molecule has 5 heteroatoms. The predicted octanol–water partition coefficient (Wildman–Crippen LogP) is 1.30. The van der Waals surface area contributed by atoms with Gasteiger partial charge in [-0.25, -0.2) is 8.78 Å². The van der Waals surface area contributed by atoms with E-state index in [1.807, 2.05) is 0 Å². The normalized spacial score (nSPS) is 9.93. The van der Waals surface area contributed by atoms with E-state index in [4.69, 9.17) is 5.73 Å². The molecule has 3 nitrogen and oxygen atoms in total. The van der Waals surface area contributed by atoms with Crippen molar-refractivity contribution in [2.75, 3.05) is 12.3 Å². The van der Waals surface area contributed by atoms with E-state index in [2.05, 4.69) is 5.32 Å². The summed E-state index contributed by atoms with van der Waals surface area (Å²) in [4.78, 5) is 11.2. The molecule has 0 fully saturated rings. The van der Waals surface area contributed by atoms with Crippen LogP contribution in [0, 0.1) is 11.6 Å². The largest absolute Gasteiger partial charge is 0.396 e. The van der Waals surface area contributed by atoms with Crippen LogP contribution in [0.4, 0.5) is 14.5 Å². The van der Waals surface area contributed by atoms with Crippen molar-refractivity contribution in [3.8, 4) is 0 Å². The lowest BCUT2D eigenvalue weighted by molar-refractivity contribution is 0.0947. The maximum atomic E-state index is 13.2. The van der Waals surface area contributed by atoms with Gasteiger partial charge >= 0.3 is 0 Å². The van der Waals surface area contributed by atoms with Crippen LogP contribution in [0.15, 0.2) is 12.1 Å². The zero-order valence-corrected chi connectivity index (χ0v) is 7.60. The van der Waals surface area contributed by atoms with Gasteiger partial charge in [-0.3, -0.25) is 4.79 Å². The van der Waals surface area contributed by atoms with Crippen LogP contribution in [0.2, 0.25) is 0 Å². The molecule has 0 heterocycles. The van der Waals surface area contributed by atoms with Crippen molar-refractivity contribution in [2.45, 2.75) is 6.92 Å². The standard InChI is InChI=1S/C9H10F2N2O/c1-2-13-9(14)7-5(10)3-4-6(12)8(7)11/h3-4H,2,12H2,1H3,(H,13,14). The number of nitrogens with two attached hydrogens (primary N) is 1. The van der Waals surface area contributed by atoms with Crippen LogP contribution in [0.1, 0.15) is 17.3 Å².